The summed E-state index contributed by atoms with van der Waals surface area (Å²) in [7, 11) is 0. The minimum absolute atomic E-state index is 0.274. The fourth-order valence-corrected chi connectivity index (χ4v) is 1.93. The van der Waals surface area contributed by atoms with Gasteiger partial charge in [-0.1, -0.05) is 19.1 Å². The maximum absolute atomic E-state index is 8.70. The number of hydrogen-bond acceptors (Lipinski definition) is 3. The Kier molecular flexibility index (Phi) is 8.26. The zero-order chi connectivity index (χ0) is 13.9. The number of ether oxygens (including phenoxy) is 1. The van der Waals surface area contributed by atoms with Crippen LogP contribution >= 0.6 is 0 Å². The van der Waals surface area contributed by atoms with Crippen LogP contribution in [0.5, 0.6) is 5.75 Å². The molecule has 0 aromatic heterocycles. The second kappa shape index (κ2) is 9.82. The number of aliphatic hydroxyl groups is 1. The summed E-state index contributed by atoms with van der Waals surface area (Å²) in [6.07, 6.45) is 4.02. The molecule has 2 N–H and O–H groups in total. The van der Waals surface area contributed by atoms with Gasteiger partial charge in [0.15, 0.2) is 0 Å². The Balaban J connectivity index is 2.38. The molecule has 3 nitrogen and oxygen atoms in total. The van der Waals surface area contributed by atoms with E-state index in [1.54, 1.807) is 0 Å². The predicted octanol–water partition coefficient (Wildman–Crippen LogP) is 3.29. The van der Waals surface area contributed by atoms with Crippen molar-refractivity contribution < 1.29 is 9.84 Å². The largest absolute Gasteiger partial charge is 0.494 e. The number of rotatable bonds is 10. The van der Waals surface area contributed by atoms with Crippen LogP contribution in [0.2, 0.25) is 0 Å². The molecule has 3 heteroatoms. The average molecular weight is 265 g/mol. The molecule has 19 heavy (non-hydrogen) atoms. The molecular weight excluding hydrogens is 238 g/mol. The Bertz CT molecular complexity index is 341. The summed E-state index contributed by atoms with van der Waals surface area (Å²) in [5.41, 5.74) is 1.27. The van der Waals surface area contributed by atoms with Crippen LogP contribution < -0.4 is 10.1 Å². The van der Waals surface area contributed by atoms with E-state index in [0.29, 0.717) is 6.04 Å². The van der Waals surface area contributed by atoms with E-state index >= 15 is 0 Å². The Morgan fingerprint density at radius 3 is 2.84 bits per heavy atom. The van der Waals surface area contributed by atoms with Crippen LogP contribution in [-0.2, 0) is 0 Å². The van der Waals surface area contributed by atoms with Crippen LogP contribution in [-0.4, -0.2) is 24.9 Å². The van der Waals surface area contributed by atoms with Crippen LogP contribution in [0.25, 0.3) is 0 Å². The van der Waals surface area contributed by atoms with Crippen molar-refractivity contribution in [3.05, 3.63) is 29.8 Å². The molecule has 0 saturated carbocycles. The smallest absolute Gasteiger partial charge is 0.119 e. The third kappa shape index (κ3) is 6.60. The maximum Gasteiger partial charge on any atom is 0.119 e. The zero-order valence-corrected chi connectivity index (χ0v) is 12.2. The van der Waals surface area contributed by atoms with Gasteiger partial charge in [-0.05, 0) is 56.8 Å². The molecule has 1 atom stereocenters. The van der Waals surface area contributed by atoms with E-state index in [1.807, 2.05) is 12.1 Å². The van der Waals surface area contributed by atoms with Crippen LogP contribution in [0.3, 0.4) is 0 Å². The zero-order valence-electron chi connectivity index (χ0n) is 12.2. The molecule has 1 aromatic carbocycles. The lowest BCUT2D eigenvalue weighted by Crippen LogP contribution is -2.19. The molecule has 108 valence electrons. The first-order valence-electron chi connectivity index (χ1n) is 7.35. The normalized spacial score (nSPS) is 12.4. The second-order valence-electron chi connectivity index (χ2n) is 4.88. The molecule has 0 spiro atoms. The van der Waals surface area contributed by atoms with Gasteiger partial charge in [0.1, 0.15) is 5.75 Å². The van der Waals surface area contributed by atoms with Gasteiger partial charge >= 0.3 is 0 Å². The van der Waals surface area contributed by atoms with Crippen molar-refractivity contribution >= 4 is 0 Å². The number of hydrogen-bond donors (Lipinski definition) is 2. The monoisotopic (exact) mass is 265 g/mol. The van der Waals surface area contributed by atoms with E-state index < -0.39 is 0 Å². The molecule has 1 rings (SSSR count). The summed E-state index contributed by atoms with van der Waals surface area (Å²) < 4.78 is 5.74. The Morgan fingerprint density at radius 1 is 1.26 bits per heavy atom. The highest BCUT2D eigenvalue weighted by atomic mass is 16.5. The topological polar surface area (TPSA) is 41.5 Å². The van der Waals surface area contributed by atoms with E-state index in [-0.39, 0.29) is 6.61 Å². The van der Waals surface area contributed by atoms with Crippen LogP contribution in [0.1, 0.15) is 51.1 Å². The first-order valence-corrected chi connectivity index (χ1v) is 7.35. The van der Waals surface area contributed by atoms with Crippen molar-refractivity contribution in [2.24, 2.45) is 0 Å². The van der Waals surface area contributed by atoms with Gasteiger partial charge in [-0.2, -0.15) is 0 Å². The van der Waals surface area contributed by atoms with Crippen molar-refractivity contribution in [1.82, 2.24) is 5.32 Å². The van der Waals surface area contributed by atoms with Gasteiger partial charge in [0.25, 0.3) is 0 Å². The molecule has 1 unspecified atom stereocenters. The van der Waals surface area contributed by atoms with Crippen molar-refractivity contribution in [2.45, 2.75) is 45.6 Å². The Labute approximate surface area is 117 Å². The quantitative estimate of drug-likeness (QED) is 0.638. The van der Waals surface area contributed by atoms with E-state index in [2.05, 4.69) is 31.3 Å². The summed E-state index contributed by atoms with van der Waals surface area (Å²) in [5.74, 6) is 0.937. The maximum atomic E-state index is 8.70. The molecular formula is C16H27NO2. The van der Waals surface area contributed by atoms with E-state index in [0.717, 1.165) is 44.6 Å². The second-order valence-corrected chi connectivity index (χ2v) is 4.88. The summed E-state index contributed by atoms with van der Waals surface area (Å²) in [4.78, 5) is 0. The minimum Gasteiger partial charge on any atom is -0.494 e. The molecule has 0 radical (unpaired) electrons. The predicted molar refractivity (Wildman–Crippen MR) is 79.6 cm³/mol. The van der Waals surface area contributed by atoms with E-state index in [9.17, 15) is 0 Å². The van der Waals surface area contributed by atoms with Gasteiger partial charge in [-0.15, -0.1) is 0 Å². The minimum atomic E-state index is 0.274. The van der Waals surface area contributed by atoms with Gasteiger partial charge in [-0.3, -0.25) is 0 Å². The Hall–Kier alpha value is -1.06. The van der Waals surface area contributed by atoms with Gasteiger partial charge in [0, 0.05) is 12.6 Å². The van der Waals surface area contributed by atoms with Gasteiger partial charge in [0.05, 0.1) is 6.61 Å². The molecule has 0 amide bonds. The number of unbranched alkanes of at least 4 members (excludes halogenated alkanes) is 2. The molecule has 1 aromatic rings. The number of benzene rings is 1. The lowest BCUT2D eigenvalue weighted by molar-refractivity contribution is 0.266. The fraction of sp³-hybridized carbons (Fsp3) is 0.625. The highest BCUT2D eigenvalue weighted by Crippen LogP contribution is 2.19. The molecule has 0 heterocycles. The highest BCUT2D eigenvalue weighted by Gasteiger charge is 2.05. The average Bonchev–Trinajstić information content (AvgIpc) is 2.45. The molecule has 0 aliphatic rings. The summed E-state index contributed by atoms with van der Waals surface area (Å²) in [5, 5.41) is 12.2. The van der Waals surface area contributed by atoms with Crippen LogP contribution in [0, 0.1) is 0 Å². The first-order chi connectivity index (χ1) is 9.27. The standard InChI is InChI=1S/C16H27NO2/c1-3-10-17-14(2)15-8-7-9-16(13-15)19-12-6-4-5-11-18/h7-9,13-14,17-18H,3-6,10-12H2,1-2H3. The molecule has 0 bridgehead atoms. The third-order valence-corrected chi connectivity index (χ3v) is 3.13. The highest BCUT2D eigenvalue weighted by molar-refractivity contribution is 5.30. The van der Waals surface area contributed by atoms with Crippen LogP contribution in [0.15, 0.2) is 24.3 Å². The van der Waals surface area contributed by atoms with Crippen molar-refractivity contribution in [1.29, 1.82) is 0 Å². The van der Waals surface area contributed by atoms with Crippen molar-refractivity contribution in [3.63, 3.8) is 0 Å². The SMILES string of the molecule is CCCNC(C)c1cccc(OCCCCCO)c1. The van der Waals surface area contributed by atoms with Crippen LogP contribution in [0.4, 0.5) is 0 Å². The third-order valence-electron chi connectivity index (χ3n) is 3.13. The molecule has 0 aliphatic carbocycles. The Morgan fingerprint density at radius 2 is 2.11 bits per heavy atom. The lowest BCUT2D eigenvalue weighted by Gasteiger charge is -2.15. The van der Waals surface area contributed by atoms with Gasteiger partial charge < -0.3 is 15.2 Å². The van der Waals surface area contributed by atoms with Gasteiger partial charge in [-0.25, -0.2) is 0 Å². The fourth-order valence-electron chi connectivity index (χ4n) is 1.93. The van der Waals surface area contributed by atoms with E-state index in [4.69, 9.17) is 9.84 Å². The van der Waals surface area contributed by atoms with E-state index in [1.165, 1.54) is 5.56 Å². The van der Waals surface area contributed by atoms with Crippen molar-refractivity contribution in [3.8, 4) is 5.75 Å². The molecule has 0 saturated heterocycles. The van der Waals surface area contributed by atoms with Crippen molar-refractivity contribution in [2.75, 3.05) is 19.8 Å². The summed E-state index contributed by atoms with van der Waals surface area (Å²) >= 11 is 0. The summed E-state index contributed by atoms with van der Waals surface area (Å²) in [6, 6.07) is 8.65. The molecule has 0 aliphatic heterocycles. The van der Waals surface area contributed by atoms with Gasteiger partial charge in [0.2, 0.25) is 0 Å². The lowest BCUT2D eigenvalue weighted by atomic mass is 10.1. The number of nitrogens with one attached hydrogen (secondary N) is 1. The summed E-state index contributed by atoms with van der Waals surface area (Å²) in [6.45, 7) is 6.38. The number of aliphatic hydroxyl groups excluding tert-OH is 1. The molecule has 0 fully saturated rings. The first kappa shape index (κ1) is 16.0.